The standard InChI is InChI=1S/C30H33N3O3/c1-30(2,3)23-16-14-20(15-17-23)29-32-26(27(36-29)21-11-9-12-24(18-21)33(4)5)28(34)31-19-22-10-7-8-13-25(22)35-6/h7-18H,19H2,1-6H3,(H,31,34). The van der Waals surface area contributed by atoms with Gasteiger partial charge in [-0.1, -0.05) is 63.2 Å². The molecule has 0 bridgehead atoms. The third-order valence-electron chi connectivity index (χ3n) is 6.10. The van der Waals surface area contributed by atoms with Crippen LogP contribution < -0.4 is 15.0 Å². The number of nitrogens with zero attached hydrogens (tertiary/aromatic N) is 2. The molecule has 4 aromatic rings. The summed E-state index contributed by atoms with van der Waals surface area (Å²) in [5.41, 5.74) is 4.98. The van der Waals surface area contributed by atoms with Crippen LogP contribution in [0, 0.1) is 0 Å². The summed E-state index contributed by atoms with van der Waals surface area (Å²) in [6, 6.07) is 23.6. The molecule has 4 rings (SSSR count). The molecular weight excluding hydrogens is 450 g/mol. The topological polar surface area (TPSA) is 67.6 Å². The van der Waals surface area contributed by atoms with Crippen molar-refractivity contribution in [1.29, 1.82) is 0 Å². The molecule has 1 heterocycles. The molecule has 0 saturated heterocycles. The average molecular weight is 484 g/mol. The normalized spacial score (nSPS) is 11.3. The summed E-state index contributed by atoms with van der Waals surface area (Å²) in [4.78, 5) is 20.0. The van der Waals surface area contributed by atoms with Crippen molar-refractivity contribution >= 4 is 11.6 Å². The van der Waals surface area contributed by atoms with Gasteiger partial charge in [-0.05, 0) is 41.3 Å². The molecule has 0 spiro atoms. The largest absolute Gasteiger partial charge is 0.496 e. The minimum Gasteiger partial charge on any atom is -0.496 e. The minimum absolute atomic E-state index is 0.0381. The quantitative estimate of drug-likeness (QED) is 0.334. The molecule has 1 N–H and O–H groups in total. The molecule has 0 aliphatic rings. The number of nitrogens with one attached hydrogen (secondary N) is 1. The summed E-state index contributed by atoms with van der Waals surface area (Å²) in [6.07, 6.45) is 0. The van der Waals surface area contributed by atoms with Gasteiger partial charge in [0.15, 0.2) is 11.5 Å². The zero-order chi connectivity index (χ0) is 25.9. The monoisotopic (exact) mass is 483 g/mol. The number of carbonyl (C=O) groups is 1. The summed E-state index contributed by atoms with van der Waals surface area (Å²) < 4.78 is 11.7. The number of hydrogen-bond acceptors (Lipinski definition) is 5. The van der Waals surface area contributed by atoms with Gasteiger partial charge in [0.2, 0.25) is 5.89 Å². The first-order valence-corrected chi connectivity index (χ1v) is 12.0. The van der Waals surface area contributed by atoms with E-state index in [1.54, 1.807) is 7.11 Å². The highest BCUT2D eigenvalue weighted by Gasteiger charge is 2.23. The van der Waals surface area contributed by atoms with Crippen LogP contribution in [0.25, 0.3) is 22.8 Å². The molecule has 36 heavy (non-hydrogen) atoms. The molecule has 6 heteroatoms. The summed E-state index contributed by atoms with van der Waals surface area (Å²) >= 11 is 0. The number of benzene rings is 3. The number of carbonyl (C=O) groups excluding carboxylic acids is 1. The van der Waals surface area contributed by atoms with E-state index >= 15 is 0 Å². The molecule has 0 aliphatic carbocycles. The van der Waals surface area contributed by atoms with Crippen LogP contribution in [0.15, 0.2) is 77.2 Å². The lowest BCUT2D eigenvalue weighted by Crippen LogP contribution is -2.24. The third-order valence-corrected chi connectivity index (χ3v) is 6.10. The van der Waals surface area contributed by atoms with Crippen LogP contribution in [0.3, 0.4) is 0 Å². The Morgan fingerprint density at radius 3 is 2.36 bits per heavy atom. The van der Waals surface area contributed by atoms with Crippen LogP contribution in [0.1, 0.15) is 42.4 Å². The summed E-state index contributed by atoms with van der Waals surface area (Å²) in [7, 11) is 5.57. The maximum absolute atomic E-state index is 13.4. The minimum atomic E-state index is -0.313. The number of rotatable bonds is 7. The highest BCUT2D eigenvalue weighted by atomic mass is 16.5. The molecule has 186 valence electrons. The summed E-state index contributed by atoms with van der Waals surface area (Å²) in [6.45, 7) is 6.83. The van der Waals surface area contributed by atoms with Crippen LogP contribution in [0.2, 0.25) is 0 Å². The molecule has 0 aliphatic heterocycles. The molecule has 0 fully saturated rings. The zero-order valence-corrected chi connectivity index (χ0v) is 21.8. The van der Waals surface area contributed by atoms with Crippen LogP contribution in [-0.4, -0.2) is 32.1 Å². The van der Waals surface area contributed by atoms with Gasteiger partial charge in [-0.2, -0.15) is 0 Å². The fourth-order valence-corrected chi connectivity index (χ4v) is 3.94. The Morgan fingerprint density at radius 1 is 0.972 bits per heavy atom. The Hall–Kier alpha value is -4.06. The number of para-hydroxylation sites is 1. The number of methoxy groups -OCH3 is 1. The van der Waals surface area contributed by atoms with E-state index in [0.717, 1.165) is 28.1 Å². The average Bonchev–Trinajstić information content (AvgIpc) is 3.33. The van der Waals surface area contributed by atoms with Crippen molar-refractivity contribution in [1.82, 2.24) is 10.3 Å². The van der Waals surface area contributed by atoms with E-state index in [4.69, 9.17) is 9.15 Å². The number of anilines is 1. The van der Waals surface area contributed by atoms with E-state index in [0.29, 0.717) is 18.2 Å². The lowest BCUT2D eigenvalue weighted by molar-refractivity contribution is 0.0946. The van der Waals surface area contributed by atoms with Gasteiger partial charge >= 0.3 is 0 Å². The predicted octanol–water partition coefficient (Wildman–Crippen LogP) is 6.31. The Bertz CT molecular complexity index is 1350. The molecule has 1 amide bonds. The van der Waals surface area contributed by atoms with E-state index in [2.05, 4.69) is 43.2 Å². The maximum Gasteiger partial charge on any atom is 0.274 e. The van der Waals surface area contributed by atoms with Gasteiger partial charge in [-0.25, -0.2) is 4.98 Å². The number of amides is 1. The van der Waals surface area contributed by atoms with E-state index in [1.807, 2.05) is 79.7 Å². The van der Waals surface area contributed by atoms with Gasteiger partial charge < -0.3 is 19.4 Å². The fourth-order valence-electron chi connectivity index (χ4n) is 3.94. The molecule has 6 nitrogen and oxygen atoms in total. The number of oxazole rings is 1. The summed E-state index contributed by atoms with van der Waals surface area (Å²) in [5, 5.41) is 2.98. The van der Waals surface area contributed by atoms with E-state index < -0.39 is 0 Å². The second-order valence-corrected chi connectivity index (χ2v) is 9.96. The highest BCUT2D eigenvalue weighted by Crippen LogP contribution is 2.33. The second kappa shape index (κ2) is 10.3. The van der Waals surface area contributed by atoms with E-state index in [1.165, 1.54) is 5.56 Å². The van der Waals surface area contributed by atoms with Crippen molar-refractivity contribution in [2.24, 2.45) is 0 Å². The molecule has 0 unspecified atom stereocenters. The van der Waals surface area contributed by atoms with Gasteiger partial charge in [0.1, 0.15) is 5.75 Å². The smallest absolute Gasteiger partial charge is 0.274 e. The van der Waals surface area contributed by atoms with Gasteiger partial charge in [-0.3, -0.25) is 4.79 Å². The second-order valence-electron chi connectivity index (χ2n) is 9.96. The number of aromatic nitrogens is 1. The van der Waals surface area contributed by atoms with Gasteiger partial charge in [0, 0.05) is 43.0 Å². The molecule has 0 atom stereocenters. The summed E-state index contributed by atoms with van der Waals surface area (Å²) in [5.74, 6) is 1.25. The lowest BCUT2D eigenvalue weighted by Gasteiger charge is -2.18. The predicted molar refractivity (Wildman–Crippen MR) is 145 cm³/mol. The Balaban J connectivity index is 1.71. The molecule has 1 aromatic heterocycles. The fraction of sp³-hybridized carbons (Fsp3) is 0.267. The van der Waals surface area contributed by atoms with Crippen molar-refractivity contribution in [2.45, 2.75) is 32.7 Å². The van der Waals surface area contributed by atoms with Crippen molar-refractivity contribution in [3.05, 3.63) is 89.6 Å². The highest BCUT2D eigenvalue weighted by molar-refractivity contribution is 5.98. The van der Waals surface area contributed by atoms with Crippen molar-refractivity contribution < 1.29 is 13.9 Å². The first-order valence-electron chi connectivity index (χ1n) is 12.0. The first kappa shape index (κ1) is 25.0. The van der Waals surface area contributed by atoms with E-state index in [9.17, 15) is 4.79 Å². The van der Waals surface area contributed by atoms with Gasteiger partial charge in [0.25, 0.3) is 5.91 Å². The Labute approximate surface area is 212 Å². The van der Waals surface area contributed by atoms with Gasteiger partial charge in [-0.15, -0.1) is 0 Å². The van der Waals surface area contributed by atoms with Gasteiger partial charge in [0.05, 0.1) is 7.11 Å². The number of hydrogen-bond donors (Lipinski definition) is 1. The lowest BCUT2D eigenvalue weighted by atomic mass is 9.87. The van der Waals surface area contributed by atoms with Crippen LogP contribution in [-0.2, 0) is 12.0 Å². The third kappa shape index (κ3) is 5.43. The van der Waals surface area contributed by atoms with Crippen LogP contribution >= 0.6 is 0 Å². The SMILES string of the molecule is COc1ccccc1CNC(=O)c1nc(-c2ccc(C(C)(C)C)cc2)oc1-c1cccc(N(C)C)c1. The van der Waals surface area contributed by atoms with Crippen molar-refractivity contribution in [2.75, 3.05) is 26.1 Å². The molecule has 0 saturated carbocycles. The Kier molecular flexibility index (Phi) is 7.15. The molecular formula is C30H33N3O3. The number of ether oxygens (including phenoxy) is 1. The first-order chi connectivity index (χ1) is 17.2. The van der Waals surface area contributed by atoms with E-state index in [-0.39, 0.29) is 17.0 Å². The van der Waals surface area contributed by atoms with Crippen molar-refractivity contribution in [3.63, 3.8) is 0 Å². The molecule has 3 aromatic carbocycles. The van der Waals surface area contributed by atoms with Crippen molar-refractivity contribution in [3.8, 4) is 28.5 Å². The Morgan fingerprint density at radius 2 is 1.69 bits per heavy atom. The van der Waals surface area contributed by atoms with Crippen LogP contribution in [0.4, 0.5) is 5.69 Å². The van der Waals surface area contributed by atoms with Crippen LogP contribution in [0.5, 0.6) is 5.75 Å². The zero-order valence-electron chi connectivity index (χ0n) is 21.8. The molecule has 0 radical (unpaired) electrons. The maximum atomic E-state index is 13.4.